The Hall–Kier alpha value is -3.31. The molecule has 0 amide bonds. The Bertz CT molecular complexity index is 1310. The van der Waals surface area contributed by atoms with Gasteiger partial charge >= 0.3 is 0 Å². The number of aromatic nitrogens is 8. The fourth-order valence-corrected chi connectivity index (χ4v) is 4.16. The lowest BCUT2D eigenvalue weighted by Gasteiger charge is -2.22. The summed E-state index contributed by atoms with van der Waals surface area (Å²) in [6.45, 7) is 5.81. The van der Waals surface area contributed by atoms with Crippen LogP contribution < -0.4 is 5.56 Å². The van der Waals surface area contributed by atoms with Gasteiger partial charge in [0.05, 0.1) is 43.0 Å². The highest BCUT2D eigenvalue weighted by molar-refractivity contribution is 5.62. The van der Waals surface area contributed by atoms with Gasteiger partial charge in [-0.05, 0) is 33.1 Å². The minimum Gasteiger partial charge on any atom is -0.383 e. The molecule has 5 rings (SSSR count). The van der Waals surface area contributed by atoms with Crippen LogP contribution in [0.1, 0.15) is 45.4 Å². The van der Waals surface area contributed by atoms with Crippen LogP contribution in [0.5, 0.6) is 0 Å². The molecule has 0 bridgehead atoms. The molecule has 4 aromatic heterocycles. The van der Waals surface area contributed by atoms with Gasteiger partial charge in [0.25, 0.3) is 5.56 Å². The van der Waals surface area contributed by atoms with E-state index in [0.29, 0.717) is 24.7 Å². The van der Waals surface area contributed by atoms with Crippen molar-refractivity contribution in [3.8, 4) is 22.6 Å². The van der Waals surface area contributed by atoms with Gasteiger partial charge in [-0.3, -0.25) is 14.0 Å². The molecule has 174 valence electrons. The fraction of sp³-hybridized carbons (Fsp3) is 0.500. The van der Waals surface area contributed by atoms with E-state index < -0.39 is 0 Å². The molecule has 0 aromatic carbocycles. The van der Waals surface area contributed by atoms with Gasteiger partial charge in [0.2, 0.25) is 5.65 Å². The van der Waals surface area contributed by atoms with Gasteiger partial charge in [-0.1, -0.05) is 0 Å². The summed E-state index contributed by atoms with van der Waals surface area (Å²) in [5, 5.41) is 13.7. The van der Waals surface area contributed by atoms with Crippen LogP contribution in [0.15, 0.2) is 35.8 Å². The molecule has 11 heteroatoms. The lowest BCUT2D eigenvalue weighted by molar-refractivity contribution is -0.0394. The Kier molecular flexibility index (Phi) is 5.81. The summed E-state index contributed by atoms with van der Waals surface area (Å²) in [6.07, 6.45) is 12.0. The first-order valence-electron chi connectivity index (χ1n) is 11.2. The zero-order valence-electron chi connectivity index (χ0n) is 19.1. The first-order valence-corrected chi connectivity index (χ1v) is 11.2. The summed E-state index contributed by atoms with van der Waals surface area (Å²) in [7, 11) is 1.65. The van der Waals surface area contributed by atoms with Crippen molar-refractivity contribution in [1.29, 1.82) is 0 Å². The molecular formula is C22H28N8O3. The summed E-state index contributed by atoms with van der Waals surface area (Å²) in [5.74, 6) is 0.536. The number of ether oxygens (including phenoxy) is 2. The van der Waals surface area contributed by atoms with E-state index in [1.807, 2.05) is 30.9 Å². The summed E-state index contributed by atoms with van der Waals surface area (Å²) < 4.78 is 17.9. The number of nitrogens with zero attached hydrogens (tertiary/aromatic N) is 8. The average molecular weight is 453 g/mol. The predicted molar refractivity (Wildman–Crippen MR) is 121 cm³/mol. The maximum absolute atomic E-state index is 13.4. The first-order chi connectivity index (χ1) is 16.1. The van der Waals surface area contributed by atoms with Crippen LogP contribution in [0.2, 0.25) is 0 Å². The topological polar surface area (TPSA) is 106 Å². The van der Waals surface area contributed by atoms with Gasteiger partial charge < -0.3 is 9.47 Å². The highest BCUT2D eigenvalue weighted by Gasteiger charge is 2.22. The van der Waals surface area contributed by atoms with E-state index in [1.54, 1.807) is 39.5 Å². The largest absolute Gasteiger partial charge is 0.383 e. The number of hydrogen-bond donors (Lipinski definition) is 0. The molecule has 1 saturated heterocycles. The van der Waals surface area contributed by atoms with E-state index >= 15 is 0 Å². The van der Waals surface area contributed by atoms with Crippen LogP contribution in [0.25, 0.3) is 28.3 Å². The van der Waals surface area contributed by atoms with Crippen LogP contribution in [0.3, 0.4) is 0 Å². The molecule has 1 aliphatic rings. The molecule has 1 unspecified atom stereocenters. The van der Waals surface area contributed by atoms with Crippen molar-refractivity contribution in [3.05, 3.63) is 41.3 Å². The van der Waals surface area contributed by atoms with Crippen molar-refractivity contribution in [1.82, 2.24) is 38.7 Å². The average Bonchev–Trinajstić information content (AvgIpc) is 3.57. The fourth-order valence-electron chi connectivity index (χ4n) is 4.16. The van der Waals surface area contributed by atoms with Crippen molar-refractivity contribution < 1.29 is 9.47 Å². The minimum absolute atomic E-state index is 0.0636. The molecule has 4 aromatic rings. The third-order valence-corrected chi connectivity index (χ3v) is 5.85. The second kappa shape index (κ2) is 8.91. The Balaban J connectivity index is 1.59. The molecule has 0 radical (unpaired) electrons. The van der Waals surface area contributed by atoms with E-state index in [9.17, 15) is 4.79 Å². The summed E-state index contributed by atoms with van der Waals surface area (Å²) in [6, 6.07) is -0.0984. The van der Waals surface area contributed by atoms with Crippen molar-refractivity contribution in [2.75, 3.05) is 20.3 Å². The van der Waals surface area contributed by atoms with Crippen LogP contribution in [-0.4, -0.2) is 59.0 Å². The third-order valence-electron chi connectivity index (χ3n) is 5.85. The van der Waals surface area contributed by atoms with Gasteiger partial charge in [-0.2, -0.15) is 10.2 Å². The summed E-state index contributed by atoms with van der Waals surface area (Å²) in [4.78, 5) is 17.8. The highest BCUT2D eigenvalue weighted by Crippen LogP contribution is 2.26. The standard InChI is InChI=1S/C22H28N8O3/c1-15(2)29-20(17-11-24-27(13-17)7-9-32-3)26-30-18(12-23-21(30)22(29)31)16-10-25-28(14-16)19-6-4-5-8-33-19/h10-15,19H,4-9H2,1-3H3. The molecule has 11 nitrogen and oxygen atoms in total. The molecular weight excluding hydrogens is 424 g/mol. The second-order valence-corrected chi connectivity index (χ2v) is 8.49. The van der Waals surface area contributed by atoms with Crippen molar-refractivity contribution in [3.63, 3.8) is 0 Å². The minimum atomic E-state index is -0.200. The Labute approximate surface area is 190 Å². The SMILES string of the molecule is COCCn1cc(-c2nn3c(-c4cnn(C5CCCCO5)c4)cnc3c(=O)n2C(C)C)cn1. The molecule has 0 aliphatic carbocycles. The number of fused-ring (bicyclic) bond motifs is 1. The lowest BCUT2D eigenvalue weighted by Crippen LogP contribution is -2.27. The summed E-state index contributed by atoms with van der Waals surface area (Å²) >= 11 is 0. The van der Waals surface area contributed by atoms with E-state index in [-0.39, 0.29) is 23.5 Å². The number of imidazole rings is 1. The van der Waals surface area contributed by atoms with Crippen LogP contribution in [0, 0.1) is 0 Å². The van der Waals surface area contributed by atoms with E-state index in [1.165, 1.54) is 0 Å². The quantitative estimate of drug-likeness (QED) is 0.424. The molecule has 1 aliphatic heterocycles. The number of methoxy groups -OCH3 is 1. The number of hydrogen-bond acceptors (Lipinski definition) is 7. The maximum Gasteiger partial charge on any atom is 0.297 e. The molecule has 0 saturated carbocycles. The normalized spacial score (nSPS) is 16.8. The van der Waals surface area contributed by atoms with E-state index in [4.69, 9.17) is 14.6 Å². The Morgan fingerprint density at radius 2 is 2.00 bits per heavy atom. The van der Waals surface area contributed by atoms with Gasteiger partial charge in [0, 0.05) is 37.7 Å². The molecule has 0 spiro atoms. The Morgan fingerprint density at radius 1 is 1.15 bits per heavy atom. The zero-order chi connectivity index (χ0) is 22.9. The smallest absolute Gasteiger partial charge is 0.297 e. The van der Waals surface area contributed by atoms with Gasteiger partial charge in [-0.25, -0.2) is 14.2 Å². The molecule has 5 heterocycles. The second-order valence-electron chi connectivity index (χ2n) is 8.49. The zero-order valence-corrected chi connectivity index (χ0v) is 19.1. The van der Waals surface area contributed by atoms with Crippen molar-refractivity contribution >= 4 is 5.65 Å². The van der Waals surface area contributed by atoms with Crippen LogP contribution in [0.4, 0.5) is 0 Å². The third kappa shape index (κ3) is 3.98. The van der Waals surface area contributed by atoms with Gasteiger partial charge in [-0.15, -0.1) is 5.10 Å². The van der Waals surface area contributed by atoms with Crippen molar-refractivity contribution in [2.45, 2.75) is 51.9 Å². The van der Waals surface area contributed by atoms with Crippen molar-refractivity contribution in [2.24, 2.45) is 0 Å². The predicted octanol–water partition coefficient (Wildman–Crippen LogP) is 2.54. The lowest BCUT2D eigenvalue weighted by atomic mass is 10.2. The van der Waals surface area contributed by atoms with Gasteiger partial charge in [0.15, 0.2) is 5.82 Å². The van der Waals surface area contributed by atoms with Crippen LogP contribution in [-0.2, 0) is 16.0 Å². The van der Waals surface area contributed by atoms with Crippen LogP contribution >= 0.6 is 0 Å². The molecule has 1 fully saturated rings. The van der Waals surface area contributed by atoms with E-state index in [2.05, 4.69) is 15.2 Å². The Morgan fingerprint density at radius 3 is 2.76 bits per heavy atom. The monoisotopic (exact) mass is 452 g/mol. The van der Waals surface area contributed by atoms with E-state index in [0.717, 1.165) is 37.0 Å². The highest BCUT2D eigenvalue weighted by atomic mass is 16.5. The first kappa shape index (κ1) is 21.5. The maximum atomic E-state index is 13.4. The summed E-state index contributed by atoms with van der Waals surface area (Å²) in [5.41, 5.74) is 2.36. The molecule has 33 heavy (non-hydrogen) atoms. The molecule has 1 atom stereocenters. The van der Waals surface area contributed by atoms with Gasteiger partial charge in [0.1, 0.15) is 6.23 Å². The number of rotatable bonds is 7. The molecule has 0 N–H and O–H groups in total.